The largest absolute Gasteiger partial charge is 0.393 e. The van der Waals surface area contributed by atoms with Gasteiger partial charge in [0.2, 0.25) is 0 Å². The molecule has 0 bridgehead atoms. The van der Waals surface area contributed by atoms with Crippen molar-refractivity contribution in [2.24, 2.45) is 5.92 Å². The molecule has 0 spiro atoms. The number of nitro benzene ring substituents is 1. The molecule has 0 amide bonds. The van der Waals surface area contributed by atoms with Crippen molar-refractivity contribution in [1.82, 2.24) is 0 Å². The standard InChI is InChI=1S/C13H16ClFN2O3/c14-10-5-12(13(17(19)20)6-11(10)15)16-7-8-2-1-3-9(18)4-8/h5-6,8-9,16,18H,1-4,7H2. The molecule has 1 aromatic carbocycles. The van der Waals surface area contributed by atoms with E-state index in [1.54, 1.807) is 0 Å². The number of aliphatic hydroxyl groups excluding tert-OH is 1. The molecular weight excluding hydrogens is 287 g/mol. The number of benzene rings is 1. The van der Waals surface area contributed by atoms with Crippen LogP contribution in [0.3, 0.4) is 0 Å². The van der Waals surface area contributed by atoms with E-state index in [9.17, 15) is 19.6 Å². The maximum atomic E-state index is 13.3. The average molecular weight is 303 g/mol. The smallest absolute Gasteiger partial charge is 0.295 e. The molecule has 7 heteroatoms. The van der Waals surface area contributed by atoms with Gasteiger partial charge in [0, 0.05) is 6.54 Å². The van der Waals surface area contributed by atoms with Crippen molar-refractivity contribution in [1.29, 1.82) is 0 Å². The molecule has 2 unspecified atom stereocenters. The molecule has 1 aliphatic carbocycles. The van der Waals surface area contributed by atoms with Crippen molar-refractivity contribution >= 4 is 23.0 Å². The monoisotopic (exact) mass is 302 g/mol. The summed E-state index contributed by atoms with van der Waals surface area (Å²) in [6, 6.07) is 2.05. The number of aliphatic hydroxyl groups is 1. The number of hydrogen-bond donors (Lipinski definition) is 2. The maximum absolute atomic E-state index is 13.3. The number of anilines is 1. The average Bonchev–Trinajstić information content (AvgIpc) is 2.39. The molecule has 1 fully saturated rings. The molecule has 5 nitrogen and oxygen atoms in total. The minimum absolute atomic E-state index is 0.151. The molecule has 2 rings (SSSR count). The van der Waals surface area contributed by atoms with Crippen LogP contribution in [0.4, 0.5) is 15.8 Å². The summed E-state index contributed by atoms with van der Waals surface area (Å²) in [4.78, 5) is 10.3. The molecule has 0 aromatic heterocycles. The van der Waals surface area contributed by atoms with Crippen LogP contribution in [-0.4, -0.2) is 22.7 Å². The highest BCUT2D eigenvalue weighted by atomic mass is 35.5. The molecule has 2 atom stereocenters. The van der Waals surface area contributed by atoms with Crippen LogP contribution >= 0.6 is 11.6 Å². The first kappa shape index (κ1) is 15.0. The van der Waals surface area contributed by atoms with E-state index >= 15 is 0 Å². The van der Waals surface area contributed by atoms with Gasteiger partial charge in [-0.25, -0.2) is 4.39 Å². The highest BCUT2D eigenvalue weighted by Crippen LogP contribution is 2.31. The number of nitrogens with one attached hydrogen (secondary N) is 1. The summed E-state index contributed by atoms with van der Waals surface area (Å²) in [5, 5.41) is 23.3. The van der Waals surface area contributed by atoms with E-state index in [2.05, 4.69) is 5.32 Å². The van der Waals surface area contributed by atoms with Crippen molar-refractivity contribution in [3.63, 3.8) is 0 Å². The fourth-order valence-corrected chi connectivity index (χ4v) is 2.69. The SMILES string of the molecule is O=[N+]([O-])c1cc(F)c(Cl)cc1NCC1CCCC(O)C1. The summed E-state index contributed by atoms with van der Waals surface area (Å²) in [5.41, 5.74) is -0.121. The van der Waals surface area contributed by atoms with Gasteiger partial charge in [-0.1, -0.05) is 18.0 Å². The van der Waals surface area contributed by atoms with Gasteiger partial charge in [0.05, 0.1) is 22.1 Å². The Labute approximate surface area is 120 Å². The van der Waals surface area contributed by atoms with Gasteiger partial charge < -0.3 is 10.4 Å². The predicted octanol–water partition coefficient (Wildman–Crippen LogP) is 3.35. The molecule has 1 aliphatic rings. The molecule has 1 aromatic rings. The first-order valence-corrected chi connectivity index (χ1v) is 6.90. The van der Waals surface area contributed by atoms with Crippen LogP contribution in [0.15, 0.2) is 12.1 Å². The van der Waals surface area contributed by atoms with E-state index in [1.165, 1.54) is 6.07 Å². The summed E-state index contributed by atoms with van der Waals surface area (Å²) in [6.45, 7) is 0.500. The third-order valence-corrected chi connectivity index (χ3v) is 3.86. The summed E-state index contributed by atoms with van der Waals surface area (Å²) >= 11 is 5.66. The molecule has 20 heavy (non-hydrogen) atoms. The van der Waals surface area contributed by atoms with Crippen LogP contribution in [0, 0.1) is 21.8 Å². The Balaban J connectivity index is 2.08. The van der Waals surface area contributed by atoms with Gasteiger partial charge in [0.25, 0.3) is 5.69 Å². The second-order valence-electron chi connectivity index (χ2n) is 5.11. The van der Waals surface area contributed by atoms with E-state index in [0.717, 1.165) is 25.3 Å². The van der Waals surface area contributed by atoms with E-state index in [4.69, 9.17) is 11.6 Å². The molecule has 0 radical (unpaired) electrons. The zero-order chi connectivity index (χ0) is 14.7. The first-order chi connectivity index (χ1) is 9.47. The van der Waals surface area contributed by atoms with Crippen molar-refractivity contribution in [2.45, 2.75) is 31.8 Å². The lowest BCUT2D eigenvalue weighted by Crippen LogP contribution is -2.25. The third-order valence-electron chi connectivity index (χ3n) is 3.57. The van der Waals surface area contributed by atoms with E-state index < -0.39 is 10.7 Å². The number of nitro groups is 1. The van der Waals surface area contributed by atoms with E-state index in [0.29, 0.717) is 13.0 Å². The fourth-order valence-electron chi connectivity index (χ4n) is 2.53. The molecule has 0 aliphatic heterocycles. The van der Waals surface area contributed by atoms with Crippen molar-refractivity contribution in [3.8, 4) is 0 Å². The Morgan fingerprint density at radius 3 is 2.90 bits per heavy atom. The molecule has 0 heterocycles. The van der Waals surface area contributed by atoms with Gasteiger partial charge in [-0.05, 0) is 31.2 Å². The van der Waals surface area contributed by atoms with Crippen LogP contribution in [0.25, 0.3) is 0 Å². The van der Waals surface area contributed by atoms with Crippen LogP contribution in [0.2, 0.25) is 5.02 Å². The van der Waals surface area contributed by atoms with Crippen LogP contribution in [-0.2, 0) is 0 Å². The number of rotatable bonds is 4. The summed E-state index contributed by atoms with van der Waals surface area (Å²) in [7, 11) is 0. The topological polar surface area (TPSA) is 75.4 Å². The Hall–Kier alpha value is -1.40. The Morgan fingerprint density at radius 1 is 1.50 bits per heavy atom. The summed E-state index contributed by atoms with van der Waals surface area (Å²) < 4.78 is 13.3. The highest BCUT2D eigenvalue weighted by Gasteiger charge is 2.22. The van der Waals surface area contributed by atoms with Crippen LogP contribution in [0.5, 0.6) is 0 Å². The minimum Gasteiger partial charge on any atom is -0.393 e. The lowest BCUT2D eigenvalue weighted by Gasteiger charge is -2.26. The third kappa shape index (κ3) is 3.58. The lowest BCUT2D eigenvalue weighted by atomic mass is 9.87. The maximum Gasteiger partial charge on any atom is 0.295 e. The first-order valence-electron chi connectivity index (χ1n) is 6.52. The normalized spacial score (nSPS) is 22.6. The predicted molar refractivity (Wildman–Crippen MR) is 74.5 cm³/mol. The second kappa shape index (κ2) is 6.37. The van der Waals surface area contributed by atoms with Crippen LogP contribution in [0.1, 0.15) is 25.7 Å². The van der Waals surface area contributed by atoms with Crippen molar-refractivity contribution in [2.75, 3.05) is 11.9 Å². The molecule has 0 saturated heterocycles. The zero-order valence-corrected chi connectivity index (χ0v) is 11.6. The number of hydrogen-bond acceptors (Lipinski definition) is 4. The Kier molecular flexibility index (Phi) is 4.77. The zero-order valence-electron chi connectivity index (χ0n) is 10.8. The minimum atomic E-state index is -0.808. The lowest BCUT2D eigenvalue weighted by molar-refractivity contribution is -0.384. The molecular formula is C13H16ClFN2O3. The number of halogens is 2. The number of nitrogens with zero attached hydrogens (tertiary/aromatic N) is 1. The molecule has 1 saturated carbocycles. The van der Waals surface area contributed by atoms with Crippen molar-refractivity contribution < 1.29 is 14.4 Å². The fraction of sp³-hybridized carbons (Fsp3) is 0.538. The van der Waals surface area contributed by atoms with Gasteiger partial charge in [-0.15, -0.1) is 0 Å². The van der Waals surface area contributed by atoms with E-state index in [-0.39, 0.29) is 28.4 Å². The van der Waals surface area contributed by atoms with E-state index in [1.807, 2.05) is 0 Å². The summed E-state index contributed by atoms with van der Waals surface area (Å²) in [5.74, 6) is -0.556. The molecule has 2 N–H and O–H groups in total. The Bertz CT molecular complexity index is 513. The van der Waals surface area contributed by atoms with Gasteiger partial charge in [0.1, 0.15) is 11.5 Å². The van der Waals surface area contributed by atoms with Crippen LogP contribution < -0.4 is 5.32 Å². The summed E-state index contributed by atoms with van der Waals surface area (Å²) in [6.07, 6.45) is 3.09. The quantitative estimate of drug-likeness (QED) is 0.660. The highest BCUT2D eigenvalue weighted by molar-refractivity contribution is 6.31. The van der Waals surface area contributed by atoms with Gasteiger partial charge >= 0.3 is 0 Å². The van der Waals surface area contributed by atoms with Gasteiger partial charge in [-0.3, -0.25) is 10.1 Å². The van der Waals surface area contributed by atoms with Gasteiger partial charge in [0.15, 0.2) is 0 Å². The second-order valence-corrected chi connectivity index (χ2v) is 5.52. The van der Waals surface area contributed by atoms with Crippen molar-refractivity contribution in [3.05, 3.63) is 33.1 Å². The Morgan fingerprint density at radius 2 is 2.25 bits per heavy atom. The molecule has 110 valence electrons. The van der Waals surface area contributed by atoms with Gasteiger partial charge in [-0.2, -0.15) is 0 Å².